The van der Waals surface area contributed by atoms with E-state index in [9.17, 15) is 0 Å². The molecule has 0 saturated heterocycles. The SMILES string of the molecule is Cc1cc2ccccc2[n+](C)c1C.Cc1cc2ccccc2[n+](C)c1C.Cc1cc2ccccc2[n+](C)c1C.[I-].[I-].[I-]. The Morgan fingerprint density at radius 2 is 0.571 bits per heavy atom. The second kappa shape index (κ2) is 16.8. The maximum atomic E-state index is 2.24. The van der Waals surface area contributed by atoms with Gasteiger partial charge in [-0.1, -0.05) is 36.4 Å². The molecule has 0 atom stereocenters. The molecule has 0 radical (unpaired) electrons. The van der Waals surface area contributed by atoms with E-state index in [1.807, 2.05) is 0 Å². The Kier molecular flexibility index (Phi) is 15.2. The predicted octanol–water partition coefficient (Wildman–Crippen LogP) is -2.14. The van der Waals surface area contributed by atoms with Crippen molar-refractivity contribution in [3.8, 4) is 0 Å². The number of hydrogen-bond acceptors (Lipinski definition) is 0. The van der Waals surface area contributed by atoms with Gasteiger partial charge in [-0.3, -0.25) is 0 Å². The highest BCUT2D eigenvalue weighted by molar-refractivity contribution is 5.77. The highest BCUT2D eigenvalue weighted by Gasteiger charge is 2.11. The molecule has 0 bridgehead atoms. The van der Waals surface area contributed by atoms with Crippen LogP contribution in [-0.4, -0.2) is 0 Å². The summed E-state index contributed by atoms with van der Waals surface area (Å²) in [6.45, 7) is 12.9. The van der Waals surface area contributed by atoms with Crippen molar-refractivity contribution >= 4 is 32.7 Å². The summed E-state index contributed by atoms with van der Waals surface area (Å²) in [4.78, 5) is 0. The quantitative estimate of drug-likeness (QED) is 0.122. The average Bonchev–Trinajstić information content (AvgIpc) is 2.94. The van der Waals surface area contributed by atoms with Crippen LogP contribution in [0.5, 0.6) is 0 Å². The van der Waals surface area contributed by atoms with Crippen molar-refractivity contribution in [2.24, 2.45) is 21.1 Å². The Labute approximate surface area is 303 Å². The fraction of sp³-hybridized carbons (Fsp3) is 0.250. The molecule has 6 heteroatoms. The van der Waals surface area contributed by atoms with Crippen LogP contribution in [0.1, 0.15) is 33.8 Å². The van der Waals surface area contributed by atoms with Crippen LogP contribution in [-0.2, 0) is 21.1 Å². The number of halogens is 3. The molecule has 0 aliphatic heterocycles. The third-order valence-corrected chi connectivity index (χ3v) is 8.23. The number of hydrogen-bond donors (Lipinski definition) is 0. The number of para-hydroxylation sites is 3. The van der Waals surface area contributed by atoms with Gasteiger partial charge < -0.3 is 71.9 Å². The molecule has 0 saturated carbocycles. The largest absolute Gasteiger partial charge is 1.00 e. The van der Waals surface area contributed by atoms with Crippen molar-refractivity contribution in [2.45, 2.75) is 41.5 Å². The Hall–Kier alpha value is -1.92. The smallest absolute Gasteiger partial charge is 0.212 e. The molecule has 0 fully saturated rings. The van der Waals surface area contributed by atoms with Crippen LogP contribution in [0, 0.1) is 41.5 Å². The summed E-state index contributed by atoms with van der Waals surface area (Å²) < 4.78 is 6.72. The summed E-state index contributed by atoms with van der Waals surface area (Å²) in [5.74, 6) is 0. The molecular formula is C36H42I3N3. The fourth-order valence-electron chi connectivity index (χ4n) is 5.09. The van der Waals surface area contributed by atoms with Gasteiger partial charge in [0, 0.05) is 71.8 Å². The highest BCUT2D eigenvalue weighted by Crippen LogP contribution is 2.15. The van der Waals surface area contributed by atoms with E-state index in [0.29, 0.717) is 0 Å². The van der Waals surface area contributed by atoms with Crippen LogP contribution in [0.2, 0.25) is 0 Å². The molecule has 3 aromatic carbocycles. The number of fused-ring (bicyclic) bond motifs is 3. The minimum Gasteiger partial charge on any atom is -1.00 e. The second-order valence-electron chi connectivity index (χ2n) is 10.6. The first kappa shape index (κ1) is 38.1. The van der Waals surface area contributed by atoms with E-state index in [1.54, 1.807) is 0 Å². The van der Waals surface area contributed by atoms with Crippen molar-refractivity contribution in [2.75, 3.05) is 0 Å². The van der Waals surface area contributed by atoms with E-state index in [2.05, 4.69) is 167 Å². The zero-order valence-corrected chi connectivity index (χ0v) is 32.6. The normalized spacial score (nSPS) is 9.93. The first-order valence-corrected chi connectivity index (χ1v) is 13.6. The van der Waals surface area contributed by atoms with E-state index in [4.69, 9.17) is 0 Å². The highest BCUT2D eigenvalue weighted by atomic mass is 127. The monoisotopic (exact) mass is 897 g/mol. The van der Waals surface area contributed by atoms with Crippen molar-refractivity contribution in [1.29, 1.82) is 0 Å². The molecule has 222 valence electrons. The van der Waals surface area contributed by atoms with Gasteiger partial charge in [0.05, 0.1) is 0 Å². The number of aromatic nitrogens is 3. The van der Waals surface area contributed by atoms with E-state index in [-0.39, 0.29) is 71.9 Å². The summed E-state index contributed by atoms with van der Waals surface area (Å²) in [5.41, 5.74) is 11.9. The molecule has 0 spiro atoms. The molecule has 3 nitrogen and oxygen atoms in total. The lowest BCUT2D eigenvalue weighted by Crippen LogP contribution is -3.00. The minimum atomic E-state index is 0. The Morgan fingerprint density at radius 3 is 0.810 bits per heavy atom. The zero-order valence-electron chi connectivity index (χ0n) is 26.1. The van der Waals surface area contributed by atoms with Crippen molar-refractivity contribution in [3.63, 3.8) is 0 Å². The lowest BCUT2D eigenvalue weighted by atomic mass is 10.1. The van der Waals surface area contributed by atoms with Gasteiger partial charge in [0.2, 0.25) is 16.6 Å². The fourth-order valence-corrected chi connectivity index (χ4v) is 5.09. The summed E-state index contributed by atoms with van der Waals surface area (Å²) >= 11 is 0. The van der Waals surface area contributed by atoms with Gasteiger partial charge in [0.15, 0.2) is 17.1 Å². The van der Waals surface area contributed by atoms with Crippen LogP contribution in [0.3, 0.4) is 0 Å². The van der Waals surface area contributed by atoms with Gasteiger partial charge in [-0.15, -0.1) is 0 Å². The first-order valence-electron chi connectivity index (χ1n) is 13.6. The molecule has 0 N–H and O–H groups in total. The van der Waals surface area contributed by atoms with Crippen LogP contribution in [0.25, 0.3) is 32.7 Å². The number of benzene rings is 3. The van der Waals surface area contributed by atoms with E-state index < -0.39 is 0 Å². The summed E-state index contributed by atoms with van der Waals surface area (Å²) in [6, 6.07) is 32.1. The third kappa shape index (κ3) is 8.37. The molecule has 42 heavy (non-hydrogen) atoms. The third-order valence-electron chi connectivity index (χ3n) is 8.23. The van der Waals surface area contributed by atoms with Crippen molar-refractivity contribution in [1.82, 2.24) is 0 Å². The first-order chi connectivity index (χ1) is 18.6. The lowest BCUT2D eigenvalue weighted by Gasteiger charge is -2.02. The molecule has 0 aliphatic rings. The van der Waals surface area contributed by atoms with Gasteiger partial charge >= 0.3 is 0 Å². The molecule has 6 aromatic rings. The topological polar surface area (TPSA) is 11.6 Å². The Balaban J connectivity index is 0.000000304. The molecule has 0 aliphatic carbocycles. The molecule has 6 rings (SSSR count). The minimum absolute atomic E-state index is 0. The van der Waals surface area contributed by atoms with Gasteiger partial charge in [-0.2, -0.15) is 13.7 Å². The maximum Gasteiger partial charge on any atom is 0.212 e. The second-order valence-corrected chi connectivity index (χ2v) is 10.6. The summed E-state index contributed by atoms with van der Waals surface area (Å²) in [7, 11) is 6.35. The van der Waals surface area contributed by atoms with Crippen LogP contribution >= 0.6 is 0 Å². The standard InChI is InChI=1S/3C12H14N.3HI/c3*1-9-8-11-6-4-5-7-12(11)13(3)10(9)2;;;/h3*4-8H,1-3H3;3*1H/q3*+1;;;/p-3. The number of pyridine rings is 3. The van der Waals surface area contributed by atoms with Crippen LogP contribution in [0.4, 0.5) is 0 Å². The van der Waals surface area contributed by atoms with E-state index >= 15 is 0 Å². The molecule has 0 unspecified atom stereocenters. The van der Waals surface area contributed by atoms with Crippen LogP contribution < -0.4 is 85.6 Å². The van der Waals surface area contributed by atoms with Gasteiger partial charge in [0.25, 0.3) is 0 Å². The van der Waals surface area contributed by atoms with Crippen LogP contribution in [0.15, 0.2) is 91.0 Å². The van der Waals surface area contributed by atoms with Gasteiger partial charge in [-0.25, -0.2) is 0 Å². The summed E-state index contributed by atoms with van der Waals surface area (Å²) in [6.07, 6.45) is 0. The number of rotatable bonds is 0. The lowest BCUT2D eigenvalue weighted by molar-refractivity contribution is -0.651. The predicted molar refractivity (Wildman–Crippen MR) is 164 cm³/mol. The van der Waals surface area contributed by atoms with Crippen molar-refractivity contribution in [3.05, 3.63) is 125 Å². The number of nitrogens with zero attached hydrogens (tertiary/aromatic N) is 3. The maximum absolute atomic E-state index is 2.24. The molecule has 3 aromatic heterocycles. The molecular weight excluding hydrogens is 855 g/mol. The van der Waals surface area contributed by atoms with Gasteiger partial charge in [-0.05, 0) is 57.2 Å². The number of aryl methyl sites for hydroxylation is 6. The van der Waals surface area contributed by atoms with Crippen molar-refractivity contribution < 1.29 is 85.6 Å². The molecule has 3 heterocycles. The average molecular weight is 897 g/mol. The Bertz CT molecular complexity index is 1600. The molecule has 0 amide bonds. The van der Waals surface area contributed by atoms with E-state index in [1.165, 1.54) is 66.5 Å². The van der Waals surface area contributed by atoms with E-state index in [0.717, 1.165) is 0 Å². The van der Waals surface area contributed by atoms with Gasteiger partial charge in [0.1, 0.15) is 21.1 Å². The Morgan fingerprint density at radius 1 is 0.357 bits per heavy atom. The zero-order chi connectivity index (χ0) is 28.3. The summed E-state index contributed by atoms with van der Waals surface area (Å²) in [5, 5.41) is 3.94.